The first-order valence-corrected chi connectivity index (χ1v) is 5.95. The summed E-state index contributed by atoms with van der Waals surface area (Å²) in [6.07, 6.45) is 1.76. The molecule has 0 spiro atoms. The Kier molecular flexibility index (Phi) is 3.75. The van der Waals surface area contributed by atoms with Crippen LogP contribution in [0.5, 0.6) is 0 Å². The highest BCUT2D eigenvalue weighted by molar-refractivity contribution is 6.38. The molecule has 1 aromatic heterocycles. The van der Waals surface area contributed by atoms with Gasteiger partial charge in [-0.2, -0.15) is 5.26 Å². The van der Waals surface area contributed by atoms with Crippen molar-refractivity contribution in [2.24, 2.45) is 0 Å². The van der Waals surface area contributed by atoms with Crippen molar-refractivity contribution in [2.75, 3.05) is 6.54 Å². The van der Waals surface area contributed by atoms with E-state index in [0.29, 0.717) is 10.0 Å². The van der Waals surface area contributed by atoms with Crippen molar-refractivity contribution in [3.05, 3.63) is 34.4 Å². The molecular formula is C12H9Cl2N3O. The van der Waals surface area contributed by atoms with Crippen LogP contribution in [0.1, 0.15) is 0 Å². The number of hydrogen-bond acceptors (Lipinski definition) is 2. The fourth-order valence-corrected chi connectivity index (χ4v) is 2.25. The zero-order valence-corrected chi connectivity index (χ0v) is 10.8. The molecule has 0 aliphatic rings. The van der Waals surface area contributed by atoms with E-state index >= 15 is 0 Å². The molecule has 1 amide bonds. The van der Waals surface area contributed by atoms with E-state index in [9.17, 15) is 4.79 Å². The minimum Gasteiger partial charge on any atom is -0.341 e. The second kappa shape index (κ2) is 5.30. The molecule has 0 bridgehead atoms. The predicted octanol–water partition coefficient (Wildman–Crippen LogP) is 2.59. The Morgan fingerprint density at radius 1 is 1.44 bits per heavy atom. The van der Waals surface area contributed by atoms with Crippen molar-refractivity contribution in [3.63, 3.8) is 0 Å². The summed E-state index contributed by atoms with van der Waals surface area (Å²) in [6, 6.07) is 7.08. The molecule has 1 N–H and O–H groups in total. The van der Waals surface area contributed by atoms with Crippen molar-refractivity contribution < 1.29 is 4.79 Å². The van der Waals surface area contributed by atoms with E-state index in [4.69, 9.17) is 28.5 Å². The molecule has 1 aromatic carbocycles. The molecule has 0 unspecified atom stereocenters. The van der Waals surface area contributed by atoms with Crippen LogP contribution < -0.4 is 5.32 Å². The van der Waals surface area contributed by atoms with Crippen molar-refractivity contribution >= 4 is 40.0 Å². The lowest BCUT2D eigenvalue weighted by molar-refractivity contribution is -0.121. The van der Waals surface area contributed by atoms with E-state index in [2.05, 4.69) is 5.32 Å². The van der Waals surface area contributed by atoms with Crippen molar-refractivity contribution in [2.45, 2.75) is 6.54 Å². The number of amides is 1. The molecule has 92 valence electrons. The number of benzene rings is 1. The average Bonchev–Trinajstić information content (AvgIpc) is 2.70. The van der Waals surface area contributed by atoms with Gasteiger partial charge in [-0.25, -0.2) is 0 Å². The van der Waals surface area contributed by atoms with Crippen molar-refractivity contribution in [3.8, 4) is 6.07 Å². The Hall–Kier alpha value is -1.70. The molecule has 2 aromatic rings. The van der Waals surface area contributed by atoms with E-state index in [-0.39, 0.29) is 19.0 Å². The van der Waals surface area contributed by atoms with Crippen LogP contribution in [0.2, 0.25) is 10.0 Å². The quantitative estimate of drug-likeness (QED) is 0.880. The summed E-state index contributed by atoms with van der Waals surface area (Å²) in [5, 5.41) is 12.8. The van der Waals surface area contributed by atoms with Crippen LogP contribution in [-0.4, -0.2) is 17.0 Å². The monoisotopic (exact) mass is 281 g/mol. The molecule has 6 heteroatoms. The highest BCUT2D eigenvalue weighted by atomic mass is 35.5. The lowest BCUT2D eigenvalue weighted by atomic mass is 10.2. The topological polar surface area (TPSA) is 57.8 Å². The first kappa shape index (κ1) is 12.7. The van der Waals surface area contributed by atoms with Gasteiger partial charge in [-0.3, -0.25) is 4.79 Å². The molecule has 2 rings (SSSR count). The Morgan fingerprint density at radius 3 is 2.94 bits per heavy atom. The highest BCUT2D eigenvalue weighted by Crippen LogP contribution is 2.28. The second-order valence-electron chi connectivity index (χ2n) is 3.70. The van der Waals surface area contributed by atoms with Gasteiger partial charge in [0.05, 0.1) is 16.6 Å². The molecule has 0 radical (unpaired) electrons. The molecule has 4 nitrogen and oxygen atoms in total. The Balaban J connectivity index is 2.30. The maximum atomic E-state index is 11.5. The predicted molar refractivity (Wildman–Crippen MR) is 70.6 cm³/mol. The number of nitrogens with one attached hydrogen (secondary N) is 1. The first-order chi connectivity index (χ1) is 8.61. The summed E-state index contributed by atoms with van der Waals surface area (Å²) in [4.78, 5) is 11.5. The number of carbonyl (C=O) groups excluding carboxylic acids is 1. The number of aromatic nitrogens is 1. The average molecular weight is 282 g/mol. The van der Waals surface area contributed by atoms with Crippen LogP contribution in [0.25, 0.3) is 10.9 Å². The van der Waals surface area contributed by atoms with Crippen molar-refractivity contribution in [1.29, 1.82) is 5.26 Å². The number of nitriles is 1. The van der Waals surface area contributed by atoms with Crippen LogP contribution >= 0.6 is 23.2 Å². The van der Waals surface area contributed by atoms with E-state index in [1.54, 1.807) is 22.9 Å². The molecule has 1 heterocycles. The molecule has 0 atom stereocenters. The minimum atomic E-state index is -0.231. The van der Waals surface area contributed by atoms with E-state index < -0.39 is 0 Å². The third-order valence-corrected chi connectivity index (χ3v) is 3.01. The van der Waals surface area contributed by atoms with E-state index in [0.717, 1.165) is 10.9 Å². The number of nitrogens with zero attached hydrogens (tertiary/aromatic N) is 2. The Morgan fingerprint density at radius 2 is 2.22 bits per heavy atom. The Labute approximate surface area is 114 Å². The second-order valence-corrected chi connectivity index (χ2v) is 4.54. The van der Waals surface area contributed by atoms with Gasteiger partial charge in [-0.05, 0) is 18.2 Å². The molecule has 0 saturated heterocycles. The van der Waals surface area contributed by atoms with Gasteiger partial charge in [0.15, 0.2) is 0 Å². The fourth-order valence-electron chi connectivity index (χ4n) is 1.71. The van der Waals surface area contributed by atoms with Gasteiger partial charge in [0.1, 0.15) is 13.1 Å². The van der Waals surface area contributed by atoms with Crippen molar-refractivity contribution in [1.82, 2.24) is 9.88 Å². The van der Waals surface area contributed by atoms with Gasteiger partial charge < -0.3 is 9.88 Å². The molecule has 0 fully saturated rings. The maximum absolute atomic E-state index is 11.5. The van der Waals surface area contributed by atoms with Gasteiger partial charge in [-0.1, -0.05) is 23.2 Å². The largest absolute Gasteiger partial charge is 0.341 e. The third-order valence-electron chi connectivity index (χ3n) is 2.48. The van der Waals surface area contributed by atoms with Gasteiger partial charge >= 0.3 is 0 Å². The molecule has 0 saturated carbocycles. The smallest absolute Gasteiger partial charge is 0.240 e. The summed E-state index contributed by atoms with van der Waals surface area (Å²) in [5.74, 6) is -0.231. The molecule has 18 heavy (non-hydrogen) atoms. The van der Waals surface area contributed by atoms with Gasteiger partial charge in [0.25, 0.3) is 0 Å². The summed E-state index contributed by atoms with van der Waals surface area (Å²) in [7, 11) is 0. The van der Waals surface area contributed by atoms with Crippen LogP contribution in [0.3, 0.4) is 0 Å². The normalized spacial score (nSPS) is 10.3. The van der Waals surface area contributed by atoms with Crippen LogP contribution in [0, 0.1) is 11.3 Å². The number of carbonyl (C=O) groups is 1. The number of rotatable bonds is 3. The minimum absolute atomic E-state index is 0.000450. The summed E-state index contributed by atoms with van der Waals surface area (Å²) in [6.45, 7) is 0.126. The highest BCUT2D eigenvalue weighted by Gasteiger charge is 2.09. The molecule has 0 aliphatic carbocycles. The molecular weight excluding hydrogens is 273 g/mol. The maximum Gasteiger partial charge on any atom is 0.240 e. The summed E-state index contributed by atoms with van der Waals surface area (Å²) >= 11 is 12.0. The van der Waals surface area contributed by atoms with E-state index in [1.165, 1.54) is 0 Å². The number of hydrogen-bond donors (Lipinski definition) is 1. The standard InChI is InChI=1S/C12H9Cl2N3O/c13-8-5-10(14)9-1-4-17(11(9)6-8)7-12(18)16-3-2-15/h1,4-6H,3,7H2,(H,16,18). The lowest BCUT2D eigenvalue weighted by Crippen LogP contribution is -2.27. The van der Waals surface area contributed by atoms with Gasteiger partial charge in [-0.15, -0.1) is 0 Å². The Bertz CT molecular complexity index is 643. The van der Waals surface area contributed by atoms with E-state index in [1.807, 2.05) is 12.1 Å². The number of halogens is 2. The lowest BCUT2D eigenvalue weighted by Gasteiger charge is -2.05. The van der Waals surface area contributed by atoms with Crippen LogP contribution in [-0.2, 0) is 11.3 Å². The zero-order chi connectivity index (χ0) is 13.1. The van der Waals surface area contributed by atoms with Crippen LogP contribution in [0.4, 0.5) is 0 Å². The summed E-state index contributed by atoms with van der Waals surface area (Å²) in [5.41, 5.74) is 0.791. The number of fused-ring (bicyclic) bond motifs is 1. The first-order valence-electron chi connectivity index (χ1n) is 5.19. The van der Waals surface area contributed by atoms with Gasteiger partial charge in [0, 0.05) is 16.6 Å². The summed E-state index contributed by atoms with van der Waals surface area (Å²) < 4.78 is 1.74. The van der Waals surface area contributed by atoms with Crippen LogP contribution in [0.15, 0.2) is 24.4 Å². The zero-order valence-electron chi connectivity index (χ0n) is 9.28. The third kappa shape index (κ3) is 2.58. The SMILES string of the molecule is N#CCNC(=O)Cn1ccc2c(Cl)cc(Cl)cc21. The fraction of sp³-hybridized carbons (Fsp3) is 0.167. The molecule has 0 aliphatic heterocycles. The van der Waals surface area contributed by atoms with Gasteiger partial charge in [0.2, 0.25) is 5.91 Å².